The monoisotopic (exact) mass is 249 g/mol. The molecule has 0 heterocycles. The molecule has 3 nitrogen and oxygen atoms in total. The summed E-state index contributed by atoms with van der Waals surface area (Å²) in [5, 5.41) is 3.28. The highest BCUT2D eigenvalue weighted by Crippen LogP contribution is 2.23. The SMILES string of the molecule is CCCNC(C(=O)OCC)c1c(C)cccc1C. The third-order valence-corrected chi connectivity index (χ3v) is 2.95. The first-order valence-electron chi connectivity index (χ1n) is 6.57. The molecular weight excluding hydrogens is 226 g/mol. The van der Waals surface area contributed by atoms with Gasteiger partial charge in [-0.1, -0.05) is 25.1 Å². The Balaban J connectivity index is 3.04. The second-order valence-corrected chi connectivity index (χ2v) is 4.44. The van der Waals surface area contributed by atoms with E-state index in [9.17, 15) is 4.79 Å². The average Bonchev–Trinajstić information content (AvgIpc) is 2.33. The predicted molar refractivity (Wildman–Crippen MR) is 73.6 cm³/mol. The Bertz CT molecular complexity index is 381. The lowest BCUT2D eigenvalue weighted by atomic mass is 9.96. The molecule has 1 unspecified atom stereocenters. The molecule has 0 aliphatic rings. The van der Waals surface area contributed by atoms with Gasteiger partial charge in [-0.2, -0.15) is 0 Å². The van der Waals surface area contributed by atoms with Crippen LogP contribution >= 0.6 is 0 Å². The summed E-state index contributed by atoms with van der Waals surface area (Å²) >= 11 is 0. The average molecular weight is 249 g/mol. The van der Waals surface area contributed by atoms with Crippen molar-refractivity contribution in [1.29, 1.82) is 0 Å². The molecule has 0 amide bonds. The number of carbonyl (C=O) groups excluding carboxylic acids is 1. The molecule has 18 heavy (non-hydrogen) atoms. The quantitative estimate of drug-likeness (QED) is 0.788. The molecule has 0 aromatic heterocycles. The topological polar surface area (TPSA) is 38.3 Å². The van der Waals surface area contributed by atoms with Crippen molar-refractivity contribution in [2.75, 3.05) is 13.2 Å². The van der Waals surface area contributed by atoms with Crippen LogP contribution in [-0.2, 0) is 9.53 Å². The van der Waals surface area contributed by atoms with Crippen molar-refractivity contribution < 1.29 is 9.53 Å². The van der Waals surface area contributed by atoms with Gasteiger partial charge in [-0.05, 0) is 50.4 Å². The maximum absolute atomic E-state index is 12.1. The van der Waals surface area contributed by atoms with Gasteiger partial charge < -0.3 is 10.1 Å². The van der Waals surface area contributed by atoms with Crippen molar-refractivity contribution >= 4 is 5.97 Å². The van der Waals surface area contributed by atoms with Crippen LogP contribution in [-0.4, -0.2) is 19.1 Å². The van der Waals surface area contributed by atoms with Crippen LogP contribution in [0.3, 0.4) is 0 Å². The minimum atomic E-state index is -0.355. The van der Waals surface area contributed by atoms with E-state index < -0.39 is 0 Å². The molecule has 1 atom stereocenters. The van der Waals surface area contributed by atoms with Crippen LogP contribution in [0.4, 0.5) is 0 Å². The van der Waals surface area contributed by atoms with Crippen LogP contribution in [0.2, 0.25) is 0 Å². The normalized spacial score (nSPS) is 12.2. The van der Waals surface area contributed by atoms with Gasteiger partial charge in [0.25, 0.3) is 0 Å². The Morgan fingerprint density at radius 2 is 1.89 bits per heavy atom. The van der Waals surface area contributed by atoms with Crippen LogP contribution in [0, 0.1) is 13.8 Å². The van der Waals surface area contributed by atoms with Gasteiger partial charge >= 0.3 is 5.97 Å². The molecule has 0 aliphatic carbocycles. The maximum Gasteiger partial charge on any atom is 0.327 e. The molecule has 1 rings (SSSR count). The van der Waals surface area contributed by atoms with Crippen molar-refractivity contribution in [1.82, 2.24) is 5.32 Å². The Morgan fingerprint density at radius 1 is 1.28 bits per heavy atom. The van der Waals surface area contributed by atoms with Crippen LogP contribution in [0.15, 0.2) is 18.2 Å². The largest absolute Gasteiger partial charge is 0.465 e. The van der Waals surface area contributed by atoms with Crippen LogP contribution in [0.5, 0.6) is 0 Å². The van der Waals surface area contributed by atoms with Crippen LogP contribution in [0.1, 0.15) is 43.0 Å². The molecular formula is C15H23NO2. The zero-order valence-electron chi connectivity index (χ0n) is 11.7. The van der Waals surface area contributed by atoms with Gasteiger partial charge in [0.05, 0.1) is 6.61 Å². The Kier molecular flexibility index (Phi) is 5.86. The summed E-state index contributed by atoms with van der Waals surface area (Å²) < 4.78 is 5.16. The van der Waals surface area contributed by atoms with Gasteiger partial charge in [0.2, 0.25) is 0 Å². The number of benzene rings is 1. The fraction of sp³-hybridized carbons (Fsp3) is 0.533. The van der Waals surface area contributed by atoms with Gasteiger partial charge in [-0.15, -0.1) is 0 Å². The van der Waals surface area contributed by atoms with Gasteiger partial charge in [-0.25, -0.2) is 4.79 Å². The van der Waals surface area contributed by atoms with Crippen molar-refractivity contribution in [2.24, 2.45) is 0 Å². The lowest BCUT2D eigenvalue weighted by Gasteiger charge is -2.21. The molecule has 0 spiro atoms. The zero-order chi connectivity index (χ0) is 13.5. The summed E-state index contributed by atoms with van der Waals surface area (Å²) in [6, 6.07) is 5.71. The van der Waals surface area contributed by atoms with Crippen molar-refractivity contribution in [2.45, 2.75) is 40.2 Å². The Morgan fingerprint density at radius 3 is 2.39 bits per heavy atom. The van der Waals surface area contributed by atoms with E-state index in [0.717, 1.165) is 29.7 Å². The number of nitrogens with one attached hydrogen (secondary N) is 1. The summed E-state index contributed by atoms with van der Waals surface area (Å²) in [5.74, 6) is -0.191. The number of hydrogen-bond acceptors (Lipinski definition) is 3. The summed E-state index contributed by atoms with van der Waals surface area (Å²) in [6.45, 7) is 9.19. The number of aryl methyl sites for hydroxylation is 2. The van der Waals surface area contributed by atoms with Gasteiger partial charge in [-0.3, -0.25) is 0 Å². The molecule has 0 bridgehead atoms. The van der Waals surface area contributed by atoms with Crippen molar-refractivity contribution in [3.8, 4) is 0 Å². The molecule has 0 radical (unpaired) electrons. The van der Waals surface area contributed by atoms with E-state index in [0.29, 0.717) is 6.61 Å². The highest BCUT2D eigenvalue weighted by atomic mass is 16.5. The number of rotatable bonds is 6. The molecule has 3 heteroatoms. The predicted octanol–water partition coefficient (Wildman–Crippen LogP) is 2.91. The molecule has 0 aliphatic heterocycles. The summed E-state index contributed by atoms with van der Waals surface area (Å²) in [4.78, 5) is 12.1. The maximum atomic E-state index is 12.1. The van der Waals surface area contributed by atoms with Crippen molar-refractivity contribution in [3.63, 3.8) is 0 Å². The smallest absolute Gasteiger partial charge is 0.327 e. The fourth-order valence-corrected chi connectivity index (χ4v) is 2.10. The minimum absolute atomic E-state index is 0.191. The van der Waals surface area contributed by atoms with Crippen molar-refractivity contribution in [3.05, 3.63) is 34.9 Å². The van der Waals surface area contributed by atoms with E-state index >= 15 is 0 Å². The first kappa shape index (κ1) is 14.7. The van der Waals surface area contributed by atoms with Gasteiger partial charge in [0, 0.05) is 0 Å². The summed E-state index contributed by atoms with van der Waals surface area (Å²) in [5.41, 5.74) is 3.29. The molecule has 1 aromatic rings. The standard InChI is InChI=1S/C15H23NO2/c1-5-10-16-14(15(17)18-6-2)13-11(3)8-7-9-12(13)4/h7-9,14,16H,5-6,10H2,1-4H3. The Hall–Kier alpha value is -1.35. The lowest BCUT2D eigenvalue weighted by Crippen LogP contribution is -2.32. The number of ether oxygens (including phenoxy) is 1. The second-order valence-electron chi connectivity index (χ2n) is 4.44. The van der Waals surface area contributed by atoms with E-state index in [1.54, 1.807) is 0 Å². The summed E-state index contributed by atoms with van der Waals surface area (Å²) in [6.07, 6.45) is 0.987. The molecule has 1 N–H and O–H groups in total. The lowest BCUT2D eigenvalue weighted by molar-refractivity contribution is -0.145. The third kappa shape index (κ3) is 3.57. The Labute approximate surface area is 110 Å². The molecule has 1 aromatic carbocycles. The number of hydrogen-bond donors (Lipinski definition) is 1. The molecule has 0 fully saturated rings. The summed E-state index contributed by atoms with van der Waals surface area (Å²) in [7, 11) is 0. The number of esters is 1. The fourth-order valence-electron chi connectivity index (χ4n) is 2.10. The third-order valence-electron chi connectivity index (χ3n) is 2.95. The first-order chi connectivity index (χ1) is 8.61. The molecule has 0 saturated carbocycles. The van der Waals surface area contributed by atoms with E-state index in [1.807, 2.05) is 39.0 Å². The zero-order valence-corrected chi connectivity index (χ0v) is 11.7. The first-order valence-corrected chi connectivity index (χ1v) is 6.57. The molecule has 0 saturated heterocycles. The van der Waals surface area contributed by atoms with E-state index in [1.165, 1.54) is 0 Å². The second kappa shape index (κ2) is 7.17. The van der Waals surface area contributed by atoms with Crippen LogP contribution < -0.4 is 5.32 Å². The van der Waals surface area contributed by atoms with Gasteiger partial charge in [0.1, 0.15) is 6.04 Å². The van der Waals surface area contributed by atoms with E-state index in [-0.39, 0.29) is 12.0 Å². The van der Waals surface area contributed by atoms with Crippen LogP contribution in [0.25, 0.3) is 0 Å². The molecule has 100 valence electrons. The highest BCUT2D eigenvalue weighted by molar-refractivity contribution is 5.78. The van der Waals surface area contributed by atoms with E-state index in [4.69, 9.17) is 4.74 Å². The van der Waals surface area contributed by atoms with E-state index in [2.05, 4.69) is 12.2 Å². The highest BCUT2D eigenvalue weighted by Gasteiger charge is 2.24. The number of carbonyl (C=O) groups is 1. The van der Waals surface area contributed by atoms with Gasteiger partial charge in [0.15, 0.2) is 0 Å². The minimum Gasteiger partial charge on any atom is -0.465 e.